The van der Waals surface area contributed by atoms with Gasteiger partial charge in [-0.3, -0.25) is 19.4 Å². The fraction of sp³-hybridized carbons (Fsp3) is 0.591. The van der Waals surface area contributed by atoms with Gasteiger partial charge < -0.3 is 4.90 Å². The Morgan fingerprint density at radius 2 is 2.07 bits per heavy atom. The monoisotopic (exact) mass is 396 g/mol. The summed E-state index contributed by atoms with van der Waals surface area (Å²) in [6.45, 7) is 11.5. The number of aromatic amines is 1. The van der Waals surface area contributed by atoms with Gasteiger partial charge in [0.25, 0.3) is 5.56 Å². The van der Waals surface area contributed by atoms with Crippen molar-refractivity contribution in [2.75, 3.05) is 31.1 Å². The smallest absolute Gasteiger partial charge is 0.252 e. The molecule has 29 heavy (non-hydrogen) atoms. The molecule has 156 valence electrons. The molecule has 1 atom stereocenters. The maximum Gasteiger partial charge on any atom is 0.252 e. The number of nitrogens with zero attached hydrogens (tertiary/aromatic N) is 5. The first-order chi connectivity index (χ1) is 14.1. The number of hydrogen-bond donors (Lipinski definition) is 1. The normalized spacial score (nSPS) is 20.7. The fourth-order valence-electron chi connectivity index (χ4n) is 4.55. The Balaban J connectivity index is 1.47. The molecular formula is C22H32N6O. The average molecular weight is 397 g/mol. The van der Waals surface area contributed by atoms with Gasteiger partial charge in [0.2, 0.25) is 5.95 Å². The third-order valence-corrected chi connectivity index (χ3v) is 6.09. The summed E-state index contributed by atoms with van der Waals surface area (Å²) < 4.78 is 1.95. The molecular weight excluding hydrogens is 364 g/mol. The van der Waals surface area contributed by atoms with Gasteiger partial charge in [-0.05, 0) is 45.6 Å². The van der Waals surface area contributed by atoms with E-state index in [1.165, 1.54) is 24.8 Å². The summed E-state index contributed by atoms with van der Waals surface area (Å²) in [5, 5.41) is 4.57. The zero-order valence-electron chi connectivity index (χ0n) is 17.4. The molecule has 2 aliphatic rings. The molecule has 0 aliphatic carbocycles. The number of nitrogens with one attached hydrogen (secondary N) is 1. The first kappa shape index (κ1) is 19.9. The predicted octanol–water partition coefficient (Wildman–Crippen LogP) is 2.83. The van der Waals surface area contributed by atoms with Crippen LogP contribution in [0.25, 0.3) is 0 Å². The molecule has 2 saturated heterocycles. The largest absolute Gasteiger partial charge is 0.342 e. The first-order valence-electron chi connectivity index (χ1n) is 10.8. The highest BCUT2D eigenvalue weighted by Gasteiger charge is 2.25. The minimum atomic E-state index is -0.0331. The third-order valence-electron chi connectivity index (χ3n) is 6.09. The molecule has 0 saturated carbocycles. The Hall–Kier alpha value is -2.41. The molecule has 0 unspecified atom stereocenters. The van der Waals surface area contributed by atoms with Crippen molar-refractivity contribution in [3.8, 4) is 0 Å². The fourth-order valence-corrected chi connectivity index (χ4v) is 4.55. The predicted molar refractivity (Wildman–Crippen MR) is 115 cm³/mol. The number of piperidine rings is 2. The van der Waals surface area contributed by atoms with E-state index in [1.54, 1.807) is 6.07 Å². The number of hydrogen-bond acceptors (Lipinski definition) is 5. The molecule has 7 heteroatoms. The van der Waals surface area contributed by atoms with Crippen LogP contribution in [0.3, 0.4) is 0 Å². The molecule has 2 aromatic heterocycles. The van der Waals surface area contributed by atoms with Gasteiger partial charge in [-0.15, -0.1) is 6.58 Å². The van der Waals surface area contributed by atoms with Gasteiger partial charge in [0, 0.05) is 49.9 Å². The SMILES string of the molecule is C=CCn1cc(CN2CCC[C@H](c3cc(=O)[nH]c(N4CCCCC4)n3)C2)c(C)n1. The maximum absolute atomic E-state index is 12.3. The van der Waals surface area contributed by atoms with Crippen LogP contribution < -0.4 is 10.5 Å². The molecule has 0 bridgehead atoms. The van der Waals surface area contributed by atoms with Crippen LogP contribution in [-0.4, -0.2) is 50.8 Å². The van der Waals surface area contributed by atoms with E-state index >= 15 is 0 Å². The number of aryl methyl sites for hydroxylation is 1. The molecule has 7 nitrogen and oxygen atoms in total. The van der Waals surface area contributed by atoms with E-state index in [2.05, 4.69) is 39.6 Å². The molecule has 2 fully saturated rings. The first-order valence-corrected chi connectivity index (χ1v) is 10.8. The number of H-pyrrole nitrogens is 1. The van der Waals surface area contributed by atoms with E-state index in [9.17, 15) is 4.79 Å². The summed E-state index contributed by atoms with van der Waals surface area (Å²) in [6.07, 6.45) is 9.81. The van der Waals surface area contributed by atoms with E-state index < -0.39 is 0 Å². The van der Waals surface area contributed by atoms with Crippen molar-refractivity contribution in [2.24, 2.45) is 0 Å². The van der Waals surface area contributed by atoms with Gasteiger partial charge in [0.15, 0.2) is 0 Å². The minimum Gasteiger partial charge on any atom is -0.342 e. The second kappa shape index (κ2) is 8.95. The lowest BCUT2D eigenvalue weighted by Crippen LogP contribution is -2.36. The van der Waals surface area contributed by atoms with Crippen LogP contribution in [-0.2, 0) is 13.1 Å². The molecule has 4 rings (SSSR count). The van der Waals surface area contributed by atoms with Gasteiger partial charge in [0.05, 0.1) is 17.9 Å². The van der Waals surface area contributed by atoms with Crippen LogP contribution in [0, 0.1) is 6.92 Å². The third kappa shape index (κ3) is 4.78. The Bertz CT molecular complexity index is 895. The number of allylic oxidation sites excluding steroid dienone is 1. The van der Waals surface area contributed by atoms with Gasteiger partial charge in [-0.1, -0.05) is 6.08 Å². The van der Waals surface area contributed by atoms with Gasteiger partial charge in [-0.2, -0.15) is 5.10 Å². The number of rotatable bonds is 6. The van der Waals surface area contributed by atoms with Crippen molar-refractivity contribution in [3.63, 3.8) is 0 Å². The van der Waals surface area contributed by atoms with E-state index in [4.69, 9.17) is 4.98 Å². The lowest BCUT2D eigenvalue weighted by Gasteiger charge is -2.33. The van der Waals surface area contributed by atoms with Crippen LogP contribution in [0.15, 0.2) is 29.7 Å². The van der Waals surface area contributed by atoms with Crippen LogP contribution >= 0.6 is 0 Å². The summed E-state index contributed by atoms with van der Waals surface area (Å²) in [6, 6.07) is 1.70. The summed E-state index contributed by atoms with van der Waals surface area (Å²) >= 11 is 0. The maximum atomic E-state index is 12.3. The van der Waals surface area contributed by atoms with E-state index in [0.717, 1.165) is 69.4 Å². The second-order valence-corrected chi connectivity index (χ2v) is 8.37. The van der Waals surface area contributed by atoms with Gasteiger partial charge in [-0.25, -0.2) is 4.98 Å². The minimum absolute atomic E-state index is 0.0331. The second-order valence-electron chi connectivity index (χ2n) is 8.37. The van der Waals surface area contributed by atoms with E-state index in [0.29, 0.717) is 5.92 Å². The van der Waals surface area contributed by atoms with Crippen LogP contribution in [0.2, 0.25) is 0 Å². The van der Waals surface area contributed by atoms with Crippen molar-refractivity contribution in [1.82, 2.24) is 24.6 Å². The Labute approximate surface area is 172 Å². The van der Waals surface area contributed by atoms with Crippen molar-refractivity contribution in [3.05, 3.63) is 52.2 Å². The molecule has 0 radical (unpaired) electrons. The molecule has 1 N–H and O–H groups in total. The lowest BCUT2D eigenvalue weighted by molar-refractivity contribution is 0.198. The van der Waals surface area contributed by atoms with Crippen molar-refractivity contribution < 1.29 is 0 Å². The standard InChI is InChI=1S/C22H32N6O/c1-3-9-28-16-19(17(2)25-28)15-26-10-7-8-18(14-26)20-13-21(29)24-22(23-20)27-11-5-4-6-12-27/h3,13,16,18H,1,4-12,14-15H2,2H3,(H,23,24,29)/t18-/m0/s1. The zero-order valence-corrected chi connectivity index (χ0v) is 17.4. The molecule has 0 aromatic carbocycles. The molecule has 0 spiro atoms. The molecule has 2 aliphatic heterocycles. The highest BCUT2D eigenvalue weighted by atomic mass is 16.1. The number of aromatic nitrogens is 4. The van der Waals surface area contributed by atoms with E-state index in [-0.39, 0.29) is 5.56 Å². The Morgan fingerprint density at radius 3 is 2.86 bits per heavy atom. The highest BCUT2D eigenvalue weighted by molar-refractivity contribution is 5.31. The molecule has 2 aromatic rings. The van der Waals surface area contributed by atoms with Crippen molar-refractivity contribution >= 4 is 5.95 Å². The highest BCUT2D eigenvalue weighted by Crippen LogP contribution is 2.27. The van der Waals surface area contributed by atoms with Crippen LogP contribution in [0.4, 0.5) is 5.95 Å². The van der Waals surface area contributed by atoms with E-state index in [1.807, 2.05) is 10.8 Å². The number of likely N-dealkylation sites (tertiary alicyclic amines) is 1. The zero-order chi connectivity index (χ0) is 20.2. The topological polar surface area (TPSA) is 70.1 Å². The summed E-state index contributed by atoms with van der Waals surface area (Å²) in [4.78, 5) is 24.9. The summed E-state index contributed by atoms with van der Waals surface area (Å²) in [5.74, 6) is 1.06. The Kier molecular flexibility index (Phi) is 6.13. The summed E-state index contributed by atoms with van der Waals surface area (Å²) in [5.41, 5.74) is 3.25. The lowest BCUT2D eigenvalue weighted by atomic mass is 9.94. The van der Waals surface area contributed by atoms with Crippen LogP contribution in [0.1, 0.15) is 55.0 Å². The van der Waals surface area contributed by atoms with Gasteiger partial charge in [0.1, 0.15) is 0 Å². The average Bonchev–Trinajstić information content (AvgIpc) is 3.07. The van der Waals surface area contributed by atoms with Crippen molar-refractivity contribution in [2.45, 2.75) is 58.0 Å². The quantitative estimate of drug-likeness (QED) is 0.761. The Morgan fingerprint density at radius 1 is 1.24 bits per heavy atom. The number of anilines is 1. The van der Waals surface area contributed by atoms with Crippen molar-refractivity contribution in [1.29, 1.82) is 0 Å². The van der Waals surface area contributed by atoms with Crippen LogP contribution in [0.5, 0.6) is 0 Å². The van der Waals surface area contributed by atoms with Gasteiger partial charge >= 0.3 is 0 Å². The molecule has 0 amide bonds. The summed E-state index contributed by atoms with van der Waals surface area (Å²) in [7, 11) is 0. The molecule has 4 heterocycles.